The Kier molecular flexibility index (Phi) is 8.76. The van der Waals surface area contributed by atoms with Gasteiger partial charge in [0.25, 0.3) is 0 Å². The van der Waals surface area contributed by atoms with Crippen LogP contribution in [0.15, 0.2) is 0 Å². The van der Waals surface area contributed by atoms with Crippen LogP contribution in [0.5, 0.6) is 0 Å². The summed E-state index contributed by atoms with van der Waals surface area (Å²) in [6, 6.07) is 0. The lowest BCUT2D eigenvalue weighted by atomic mass is 9.97. The molecular weight excluding hydrogens is 282 g/mol. The third-order valence-corrected chi connectivity index (χ3v) is 3.50. The summed E-state index contributed by atoms with van der Waals surface area (Å²) in [5.41, 5.74) is 5.32. The zero-order valence-electron chi connectivity index (χ0n) is 12.3. The second kappa shape index (κ2) is 9.15. The van der Waals surface area contributed by atoms with Crippen molar-refractivity contribution in [3.63, 3.8) is 0 Å². The number of nitrogens with two attached hydrogens (primary N) is 1. The number of hydrogen-bond acceptors (Lipinski definition) is 4. The van der Waals surface area contributed by atoms with E-state index in [9.17, 15) is 9.59 Å². The fraction of sp³-hybridized carbons (Fsp3) is 0.846. The molecule has 1 rings (SSSR count). The Hall–Kier alpha value is -0.850. The molecule has 1 saturated carbocycles. The van der Waals surface area contributed by atoms with Gasteiger partial charge in [-0.15, -0.1) is 12.4 Å². The Labute approximate surface area is 126 Å². The molecule has 7 heteroatoms. The van der Waals surface area contributed by atoms with Crippen LogP contribution in [0.4, 0.5) is 0 Å². The molecule has 118 valence electrons. The smallest absolute Gasteiger partial charge is 0.242 e. The van der Waals surface area contributed by atoms with Gasteiger partial charge in [0.15, 0.2) is 0 Å². The van der Waals surface area contributed by atoms with Crippen molar-refractivity contribution in [3.8, 4) is 0 Å². The number of rotatable bonds is 7. The average Bonchev–Trinajstić information content (AvgIpc) is 2.82. The van der Waals surface area contributed by atoms with Gasteiger partial charge >= 0.3 is 0 Å². The van der Waals surface area contributed by atoms with E-state index in [0.29, 0.717) is 26.0 Å². The van der Waals surface area contributed by atoms with Crippen LogP contribution >= 0.6 is 12.4 Å². The maximum Gasteiger partial charge on any atom is 0.242 e. The van der Waals surface area contributed by atoms with E-state index in [1.54, 1.807) is 14.2 Å². The van der Waals surface area contributed by atoms with Gasteiger partial charge in [-0.25, -0.2) is 0 Å². The predicted molar refractivity (Wildman–Crippen MR) is 79.8 cm³/mol. The molecule has 0 bridgehead atoms. The normalized spacial score (nSPS) is 16.4. The molecule has 1 aliphatic carbocycles. The first-order valence-corrected chi connectivity index (χ1v) is 6.80. The van der Waals surface area contributed by atoms with Crippen LogP contribution in [-0.4, -0.2) is 56.1 Å². The van der Waals surface area contributed by atoms with E-state index in [0.717, 1.165) is 19.3 Å². The van der Waals surface area contributed by atoms with E-state index in [1.165, 1.54) is 4.90 Å². The van der Waals surface area contributed by atoms with Crippen LogP contribution in [0.1, 0.15) is 32.1 Å². The standard InChI is InChI=1S/C13H25N3O3.ClH/c1-16(10-11(17)15-8-5-9-19-2)12(18)13(14)6-3-4-7-13;/h3-10,14H2,1-2H3,(H,15,17);1H. The van der Waals surface area contributed by atoms with Crippen molar-refractivity contribution < 1.29 is 14.3 Å². The summed E-state index contributed by atoms with van der Waals surface area (Å²) in [4.78, 5) is 25.3. The van der Waals surface area contributed by atoms with Crippen molar-refractivity contribution in [2.45, 2.75) is 37.6 Å². The zero-order chi connectivity index (χ0) is 14.3. The van der Waals surface area contributed by atoms with Crippen LogP contribution in [0, 0.1) is 0 Å². The molecule has 3 N–H and O–H groups in total. The number of carbonyl (C=O) groups excluding carboxylic acids is 2. The summed E-state index contributed by atoms with van der Waals surface area (Å²) in [6.45, 7) is 1.23. The second-order valence-corrected chi connectivity index (χ2v) is 5.22. The van der Waals surface area contributed by atoms with Crippen LogP contribution in [0.2, 0.25) is 0 Å². The monoisotopic (exact) mass is 307 g/mol. The van der Waals surface area contributed by atoms with Crippen molar-refractivity contribution in [2.75, 3.05) is 33.9 Å². The molecule has 0 radical (unpaired) electrons. The number of ether oxygens (including phenoxy) is 1. The molecule has 6 nitrogen and oxygen atoms in total. The number of carbonyl (C=O) groups is 2. The Morgan fingerprint density at radius 2 is 1.95 bits per heavy atom. The summed E-state index contributed by atoms with van der Waals surface area (Å²) in [6.07, 6.45) is 4.16. The fourth-order valence-corrected chi connectivity index (χ4v) is 2.39. The highest BCUT2D eigenvalue weighted by molar-refractivity contribution is 5.90. The summed E-state index contributed by atoms with van der Waals surface area (Å²) in [5.74, 6) is -0.286. The number of amides is 2. The topological polar surface area (TPSA) is 84.7 Å². The fourth-order valence-electron chi connectivity index (χ4n) is 2.39. The van der Waals surface area contributed by atoms with Gasteiger partial charge in [0.05, 0.1) is 12.1 Å². The number of nitrogens with one attached hydrogen (secondary N) is 1. The highest BCUT2D eigenvalue weighted by Gasteiger charge is 2.39. The van der Waals surface area contributed by atoms with Crippen molar-refractivity contribution >= 4 is 24.2 Å². The van der Waals surface area contributed by atoms with Gasteiger partial charge < -0.3 is 20.7 Å². The summed E-state index contributed by atoms with van der Waals surface area (Å²) >= 11 is 0. The SMILES string of the molecule is COCCCNC(=O)CN(C)C(=O)C1(N)CCCC1.Cl. The molecule has 0 aromatic rings. The van der Waals surface area contributed by atoms with Gasteiger partial charge in [-0.1, -0.05) is 12.8 Å². The lowest BCUT2D eigenvalue weighted by molar-refractivity contribution is -0.139. The number of nitrogens with zero attached hydrogens (tertiary/aromatic N) is 1. The molecule has 2 amide bonds. The van der Waals surface area contributed by atoms with Crippen LogP contribution < -0.4 is 11.1 Å². The number of hydrogen-bond donors (Lipinski definition) is 2. The van der Waals surface area contributed by atoms with Crippen LogP contribution in [0.25, 0.3) is 0 Å². The minimum absolute atomic E-state index is 0. The van der Waals surface area contributed by atoms with Gasteiger partial charge in [-0.2, -0.15) is 0 Å². The predicted octanol–water partition coefficient (Wildman–Crippen LogP) is 0.291. The second-order valence-electron chi connectivity index (χ2n) is 5.22. The summed E-state index contributed by atoms with van der Waals surface area (Å²) < 4.78 is 4.89. The molecule has 0 aliphatic heterocycles. The van der Waals surface area contributed by atoms with Gasteiger partial charge in [-0.3, -0.25) is 9.59 Å². The highest BCUT2D eigenvalue weighted by atomic mass is 35.5. The first-order chi connectivity index (χ1) is 8.99. The highest BCUT2D eigenvalue weighted by Crippen LogP contribution is 2.28. The molecule has 1 fully saturated rings. The lowest BCUT2D eigenvalue weighted by Crippen LogP contribution is -2.54. The quantitative estimate of drug-likeness (QED) is 0.662. The van der Waals surface area contributed by atoms with E-state index >= 15 is 0 Å². The number of likely N-dealkylation sites (N-methyl/N-ethyl adjacent to an activating group) is 1. The van der Waals surface area contributed by atoms with Gasteiger partial charge in [0, 0.05) is 27.3 Å². The van der Waals surface area contributed by atoms with Crippen LogP contribution in [-0.2, 0) is 14.3 Å². The van der Waals surface area contributed by atoms with Crippen LogP contribution in [0.3, 0.4) is 0 Å². The van der Waals surface area contributed by atoms with Crippen molar-refractivity contribution in [2.24, 2.45) is 5.73 Å². The van der Waals surface area contributed by atoms with Crippen molar-refractivity contribution in [1.82, 2.24) is 10.2 Å². The zero-order valence-corrected chi connectivity index (χ0v) is 13.1. The Balaban J connectivity index is 0.00000361. The molecule has 0 saturated heterocycles. The lowest BCUT2D eigenvalue weighted by Gasteiger charge is -2.28. The molecule has 20 heavy (non-hydrogen) atoms. The minimum atomic E-state index is -0.759. The van der Waals surface area contributed by atoms with Gasteiger partial charge in [0.2, 0.25) is 11.8 Å². The third kappa shape index (κ3) is 5.64. The summed E-state index contributed by atoms with van der Waals surface area (Å²) in [7, 11) is 3.25. The molecule has 0 unspecified atom stereocenters. The van der Waals surface area contributed by atoms with E-state index in [1.807, 2.05) is 0 Å². The van der Waals surface area contributed by atoms with Crippen molar-refractivity contribution in [1.29, 1.82) is 0 Å². The Morgan fingerprint density at radius 3 is 2.50 bits per heavy atom. The average molecular weight is 308 g/mol. The molecular formula is C13H26ClN3O3. The van der Waals surface area contributed by atoms with Crippen molar-refractivity contribution in [3.05, 3.63) is 0 Å². The molecule has 0 heterocycles. The first-order valence-electron chi connectivity index (χ1n) is 6.80. The number of halogens is 1. The van der Waals surface area contributed by atoms with E-state index < -0.39 is 5.54 Å². The molecule has 1 aliphatic rings. The molecule has 0 spiro atoms. The first kappa shape index (κ1) is 19.1. The maximum atomic E-state index is 12.2. The van der Waals surface area contributed by atoms with Gasteiger partial charge in [-0.05, 0) is 19.3 Å². The van der Waals surface area contributed by atoms with E-state index in [4.69, 9.17) is 10.5 Å². The largest absolute Gasteiger partial charge is 0.385 e. The van der Waals surface area contributed by atoms with E-state index in [2.05, 4.69) is 5.32 Å². The number of methoxy groups -OCH3 is 1. The molecule has 0 atom stereocenters. The van der Waals surface area contributed by atoms with Gasteiger partial charge in [0.1, 0.15) is 0 Å². The maximum absolute atomic E-state index is 12.2. The van der Waals surface area contributed by atoms with E-state index in [-0.39, 0.29) is 30.8 Å². The molecule has 0 aromatic carbocycles. The minimum Gasteiger partial charge on any atom is -0.385 e. The third-order valence-electron chi connectivity index (χ3n) is 3.50. The Bertz CT molecular complexity index is 320. The summed E-state index contributed by atoms with van der Waals surface area (Å²) in [5, 5.41) is 2.75. The molecule has 0 aromatic heterocycles. The Morgan fingerprint density at radius 1 is 1.35 bits per heavy atom.